The summed E-state index contributed by atoms with van der Waals surface area (Å²) in [7, 11) is 0. The fourth-order valence-corrected chi connectivity index (χ4v) is 2.92. The van der Waals surface area contributed by atoms with Crippen molar-refractivity contribution in [2.24, 2.45) is 0 Å². The van der Waals surface area contributed by atoms with E-state index in [-0.39, 0.29) is 34.6 Å². The zero-order valence-electron chi connectivity index (χ0n) is 14.5. The second kappa shape index (κ2) is 6.58. The number of carbonyl (C=O) groups is 2. The molecule has 1 fully saturated rings. The third-order valence-corrected chi connectivity index (χ3v) is 4.15. The van der Waals surface area contributed by atoms with Gasteiger partial charge in [0.05, 0.1) is 11.9 Å². The SMILES string of the molecule is Cc1oc2nc[nH]c(=O)c2c1C(=O)N1CCN(C(=O)NC(C)C)CC1. The van der Waals surface area contributed by atoms with E-state index in [9.17, 15) is 14.4 Å². The molecule has 0 aromatic carbocycles. The summed E-state index contributed by atoms with van der Waals surface area (Å²) in [6.07, 6.45) is 1.24. The first kappa shape index (κ1) is 17.0. The van der Waals surface area contributed by atoms with Crippen molar-refractivity contribution in [1.29, 1.82) is 0 Å². The Bertz CT molecular complexity index is 861. The topological polar surface area (TPSA) is 112 Å². The summed E-state index contributed by atoms with van der Waals surface area (Å²) < 4.78 is 5.44. The monoisotopic (exact) mass is 347 g/mol. The molecule has 3 amide bonds. The molecule has 1 saturated heterocycles. The summed E-state index contributed by atoms with van der Waals surface area (Å²) in [6.45, 7) is 7.11. The van der Waals surface area contributed by atoms with E-state index >= 15 is 0 Å². The van der Waals surface area contributed by atoms with Crippen molar-refractivity contribution in [1.82, 2.24) is 25.1 Å². The van der Waals surface area contributed by atoms with E-state index in [1.807, 2.05) is 13.8 Å². The number of H-pyrrole nitrogens is 1. The van der Waals surface area contributed by atoms with Gasteiger partial charge in [0.1, 0.15) is 11.1 Å². The molecule has 2 N–H and O–H groups in total. The van der Waals surface area contributed by atoms with Crippen molar-refractivity contribution in [3.63, 3.8) is 0 Å². The van der Waals surface area contributed by atoms with E-state index in [0.717, 1.165) is 0 Å². The quantitative estimate of drug-likeness (QED) is 0.831. The molecule has 9 nitrogen and oxygen atoms in total. The van der Waals surface area contributed by atoms with Crippen LogP contribution in [-0.4, -0.2) is 63.9 Å². The number of nitrogens with one attached hydrogen (secondary N) is 2. The molecular weight excluding hydrogens is 326 g/mol. The Morgan fingerprint density at radius 2 is 1.88 bits per heavy atom. The molecule has 0 bridgehead atoms. The fourth-order valence-electron chi connectivity index (χ4n) is 2.92. The first-order chi connectivity index (χ1) is 11.9. The minimum atomic E-state index is -0.403. The number of urea groups is 1. The number of hydrogen-bond acceptors (Lipinski definition) is 5. The molecule has 25 heavy (non-hydrogen) atoms. The van der Waals surface area contributed by atoms with Crippen LogP contribution in [0.4, 0.5) is 4.79 Å². The number of nitrogens with zero attached hydrogens (tertiary/aromatic N) is 3. The van der Waals surface area contributed by atoms with Gasteiger partial charge < -0.3 is 24.5 Å². The van der Waals surface area contributed by atoms with Crippen LogP contribution in [0.3, 0.4) is 0 Å². The van der Waals surface area contributed by atoms with Crippen LogP contribution in [0.1, 0.15) is 30.0 Å². The maximum atomic E-state index is 12.9. The smallest absolute Gasteiger partial charge is 0.317 e. The molecule has 2 aromatic rings. The molecule has 3 rings (SSSR count). The summed E-state index contributed by atoms with van der Waals surface area (Å²) in [6, 6.07) is -0.0704. The van der Waals surface area contributed by atoms with Gasteiger partial charge in [-0.2, -0.15) is 0 Å². The van der Waals surface area contributed by atoms with E-state index in [0.29, 0.717) is 31.9 Å². The summed E-state index contributed by atoms with van der Waals surface area (Å²) in [5.41, 5.74) is -0.0101. The van der Waals surface area contributed by atoms with Crippen molar-refractivity contribution in [2.45, 2.75) is 26.8 Å². The highest BCUT2D eigenvalue weighted by Crippen LogP contribution is 2.22. The average molecular weight is 347 g/mol. The predicted octanol–water partition coefficient (Wildman–Crippen LogP) is 0.700. The van der Waals surface area contributed by atoms with E-state index in [2.05, 4.69) is 15.3 Å². The van der Waals surface area contributed by atoms with Crippen LogP contribution in [0.15, 0.2) is 15.5 Å². The Hall–Kier alpha value is -2.84. The van der Waals surface area contributed by atoms with Gasteiger partial charge >= 0.3 is 6.03 Å². The molecule has 2 aromatic heterocycles. The van der Waals surface area contributed by atoms with Crippen LogP contribution < -0.4 is 10.9 Å². The van der Waals surface area contributed by atoms with E-state index in [1.54, 1.807) is 16.7 Å². The van der Waals surface area contributed by atoms with Crippen molar-refractivity contribution >= 4 is 23.0 Å². The first-order valence-corrected chi connectivity index (χ1v) is 8.20. The fraction of sp³-hybridized carbons (Fsp3) is 0.500. The second-order valence-corrected chi connectivity index (χ2v) is 6.33. The van der Waals surface area contributed by atoms with Crippen LogP contribution in [0.5, 0.6) is 0 Å². The van der Waals surface area contributed by atoms with E-state index < -0.39 is 5.56 Å². The highest BCUT2D eigenvalue weighted by molar-refractivity contribution is 6.06. The van der Waals surface area contributed by atoms with E-state index in [1.165, 1.54) is 6.33 Å². The predicted molar refractivity (Wildman–Crippen MR) is 90.5 cm³/mol. The number of aromatic nitrogens is 2. The number of amides is 3. The Morgan fingerprint density at radius 3 is 2.52 bits per heavy atom. The van der Waals surface area contributed by atoms with Crippen LogP contribution in [-0.2, 0) is 0 Å². The molecule has 9 heteroatoms. The average Bonchev–Trinajstić information content (AvgIpc) is 2.91. The maximum absolute atomic E-state index is 12.9. The van der Waals surface area contributed by atoms with Crippen LogP contribution in [0.25, 0.3) is 11.1 Å². The molecule has 0 atom stereocenters. The van der Waals surface area contributed by atoms with E-state index in [4.69, 9.17) is 4.42 Å². The van der Waals surface area contributed by atoms with Crippen molar-refractivity contribution < 1.29 is 14.0 Å². The van der Waals surface area contributed by atoms with Crippen molar-refractivity contribution in [3.05, 3.63) is 28.0 Å². The third kappa shape index (κ3) is 3.21. The molecule has 3 heterocycles. The molecule has 0 spiro atoms. The zero-order valence-corrected chi connectivity index (χ0v) is 14.5. The van der Waals surface area contributed by atoms with Crippen LogP contribution in [0, 0.1) is 6.92 Å². The van der Waals surface area contributed by atoms with Gasteiger partial charge in [-0.15, -0.1) is 0 Å². The number of aryl methyl sites for hydroxylation is 1. The lowest BCUT2D eigenvalue weighted by Crippen LogP contribution is -2.54. The summed E-state index contributed by atoms with van der Waals surface area (Å²) in [4.78, 5) is 46.7. The molecule has 0 saturated carbocycles. The lowest BCUT2D eigenvalue weighted by atomic mass is 10.1. The van der Waals surface area contributed by atoms with Gasteiger partial charge in [0, 0.05) is 32.2 Å². The minimum absolute atomic E-state index is 0.0614. The van der Waals surface area contributed by atoms with Gasteiger partial charge in [-0.25, -0.2) is 9.78 Å². The Labute approximate surface area is 144 Å². The Balaban J connectivity index is 1.77. The molecule has 134 valence electrons. The van der Waals surface area contributed by atoms with Crippen molar-refractivity contribution in [3.8, 4) is 0 Å². The van der Waals surface area contributed by atoms with Gasteiger partial charge in [-0.1, -0.05) is 0 Å². The summed E-state index contributed by atoms with van der Waals surface area (Å²) >= 11 is 0. The molecule has 0 radical (unpaired) electrons. The second-order valence-electron chi connectivity index (χ2n) is 6.33. The van der Waals surface area contributed by atoms with Crippen molar-refractivity contribution in [2.75, 3.05) is 26.2 Å². The number of carbonyl (C=O) groups excluding carboxylic acids is 2. The van der Waals surface area contributed by atoms with Crippen LogP contribution in [0.2, 0.25) is 0 Å². The van der Waals surface area contributed by atoms with Crippen LogP contribution >= 0.6 is 0 Å². The summed E-state index contributed by atoms with van der Waals surface area (Å²) in [5.74, 6) is 0.0860. The lowest BCUT2D eigenvalue weighted by molar-refractivity contribution is 0.0663. The number of piperazine rings is 1. The highest BCUT2D eigenvalue weighted by atomic mass is 16.3. The third-order valence-electron chi connectivity index (χ3n) is 4.15. The molecule has 0 unspecified atom stereocenters. The van der Waals surface area contributed by atoms with Gasteiger partial charge in [-0.3, -0.25) is 9.59 Å². The maximum Gasteiger partial charge on any atom is 0.317 e. The number of rotatable bonds is 2. The zero-order chi connectivity index (χ0) is 18.1. The van der Waals surface area contributed by atoms with Gasteiger partial charge in [0.2, 0.25) is 5.71 Å². The Kier molecular flexibility index (Phi) is 4.47. The molecule has 0 aliphatic carbocycles. The number of furan rings is 1. The minimum Gasteiger partial charge on any atom is -0.442 e. The summed E-state index contributed by atoms with van der Waals surface area (Å²) in [5, 5.41) is 3.01. The van der Waals surface area contributed by atoms with Gasteiger partial charge in [0.25, 0.3) is 11.5 Å². The molecular formula is C16H21N5O4. The largest absolute Gasteiger partial charge is 0.442 e. The highest BCUT2D eigenvalue weighted by Gasteiger charge is 2.29. The normalized spacial score (nSPS) is 15.0. The number of aromatic amines is 1. The number of fused-ring (bicyclic) bond motifs is 1. The molecule has 1 aliphatic rings. The molecule has 1 aliphatic heterocycles. The standard InChI is InChI=1S/C16H21N5O4/c1-9(2)19-16(24)21-6-4-20(5-7-21)15(23)11-10(3)25-14-12(11)13(22)17-8-18-14/h8-9H,4-7H2,1-3H3,(H,19,24)(H,17,18,22). The van der Waals surface area contributed by atoms with Gasteiger partial charge in [-0.05, 0) is 20.8 Å². The lowest BCUT2D eigenvalue weighted by Gasteiger charge is -2.35. The first-order valence-electron chi connectivity index (χ1n) is 8.20. The number of hydrogen-bond donors (Lipinski definition) is 2. The Morgan fingerprint density at radius 1 is 1.24 bits per heavy atom. The van der Waals surface area contributed by atoms with Gasteiger partial charge in [0.15, 0.2) is 0 Å².